The van der Waals surface area contributed by atoms with Crippen molar-refractivity contribution in [1.82, 2.24) is 0 Å². The van der Waals surface area contributed by atoms with Crippen molar-refractivity contribution >= 4 is 22.9 Å². The van der Waals surface area contributed by atoms with Gasteiger partial charge in [-0.3, -0.25) is 0 Å². The van der Waals surface area contributed by atoms with Crippen LogP contribution in [0.15, 0.2) is 18.2 Å². The van der Waals surface area contributed by atoms with Crippen LogP contribution in [0.25, 0.3) is 0 Å². The fraction of sp³-hybridized carbons (Fsp3) is 0.417. The first-order valence-corrected chi connectivity index (χ1v) is 5.85. The molecule has 1 aromatic rings. The molecule has 4 heteroatoms. The molecule has 0 saturated heterocycles. The summed E-state index contributed by atoms with van der Waals surface area (Å²) >= 11 is 4.90. The average molecular weight is 240 g/mol. The van der Waals surface area contributed by atoms with E-state index in [1.54, 1.807) is 6.07 Å². The smallest absolute Gasteiger partial charge is 0.135 e. The third-order valence-electron chi connectivity index (χ3n) is 2.45. The molecule has 2 nitrogen and oxygen atoms in total. The molecule has 88 valence electrons. The second-order valence-electron chi connectivity index (χ2n) is 3.58. The highest BCUT2D eigenvalue weighted by Gasteiger charge is 2.14. The van der Waals surface area contributed by atoms with E-state index in [1.807, 2.05) is 13.0 Å². The molecule has 0 radical (unpaired) electrons. The molecule has 0 aliphatic carbocycles. The molecule has 0 bridgehead atoms. The van der Waals surface area contributed by atoms with Gasteiger partial charge in [0.1, 0.15) is 10.8 Å². The summed E-state index contributed by atoms with van der Waals surface area (Å²) in [6, 6.07) is 4.93. The third kappa shape index (κ3) is 2.70. The maximum atomic E-state index is 13.6. The summed E-state index contributed by atoms with van der Waals surface area (Å²) in [5, 5.41) is 0. The molecule has 0 aliphatic heterocycles. The minimum Gasteiger partial charge on any atom is -0.389 e. The number of benzene rings is 1. The van der Waals surface area contributed by atoms with Gasteiger partial charge in [0.25, 0.3) is 0 Å². The molecular formula is C12H17FN2S. The van der Waals surface area contributed by atoms with Crippen molar-refractivity contribution in [2.45, 2.75) is 20.3 Å². The molecule has 0 saturated carbocycles. The molecule has 1 aromatic carbocycles. The molecule has 2 N–H and O–H groups in total. The van der Waals surface area contributed by atoms with Crippen molar-refractivity contribution in [2.75, 3.05) is 18.0 Å². The van der Waals surface area contributed by atoms with Crippen molar-refractivity contribution in [2.24, 2.45) is 5.73 Å². The Labute approximate surface area is 101 Å². The predicted octanol–water partition coefficient (Wildman–Crippen LogP) is 2.70. The van der Waals surface area contributed by atoms with Crippen molar-refractivity contribution in [3.63, 3.8) is 0 Å². The van der Waals surface area contributed by atoms with E-state index in [4.69, 9.17) is 18.0 Å². The Morgan fingerprint density at radius 2 is 2.12 bits per heavy atom. The molecule has 0 spiro atoms. The molecule has 1 rings (SSSR count). The first-order valence-electron chi connectivity index (χ1n) is 5.45. The second kappa shape index (κ2) is 5.80. The molecule has 0 aromatic heterocycles. The molecule has 0 unspecified atom stereocenters. The number of rotatable bonds is 5. The van der Waals surface area contributed by atoms with Crippen LogP contribution in [0.2, 0.25) is 0 Å². The molecule has 0 aliphatic rings. The lowest BCUT2D eigenvalue weighted by Gasteiger charge is -2.25. The first-order chi connectivity index (χ1) is 7.61. The summed E-state index contributed by atoms with van der Waals surface area (Å²) in [6.07, 6.45) is 1.00. The van der Waals surface area contributed by atoms with Crippen molar-refractivity contribution in [1.29, 1.82) is 0 Å². The fourth-order valence-corrected chi connectivity index (χ4v) is 1.94. The summed E-state index contributed by atoms with van der Waals surface area (Å²) in [5.41, 5.74) is 6.71. The van der Waals surface area contributed by atoms with E-state index in [1.165, 1.54) is 6.07 Å². The Morgan fingerprint density at radius 3 is 2.62 bits per heavy atom. The van der Waals surface area contributed by atoms with Gasteiger partial charge in [0, 0.05) is 18.8 Å². The maximum Gasteiger partial charge on any atom is 0.135 e. The van der Waals surface area contributed by atoms with Crippen LogP contribution in [-0.2, 0) is 0 Å². The van der Waals surface area contributed by atoms with E-state index in [0.717, 1.165) is 25.2 Å². The zero-order valence-corrected chi connectivity index (χ0v) is 10.5. The van der Waals surface area contributed by atoms with E-state index in [-0.39, 0.29) is 10.8 Å². The summed E-state index contributed by atoms with van der Waals surface area (Å²) in [5.74, 6) is -0.348. The molecule has 0 fully saturated rings. The standard InChI is InChI=1S/C12H17FN2S/c1-3-8-15(4-2)10-7-5-6-9(13)11(10)12(14)16/h5-7H,3-4,8H2,1-2H3,(H2,14,16). The fourth-order valence-electron chi connectivity index (χ4n) is 1.74. The minimum atomic E-state index is -0.348. The van der Waals surface area contributed by atoms with Gasteiger partial charge in [0.2, 0.25) is 0 Å². The average Bonchev–Trinajstić information content (AvgIpc) is 2.25. The van der Waals surface area contributed by atoms with Crippen molar-refractivity contribution < 1.29 is 4.39 Å². The van der Waals surface area contributed by atoms with Crippen LogP contribution in [0, 0.1) is 5.82 Å². The van der Waals surface area contributed by atoms with Gasteiger partial charge in [-0.15, -0.1) is 0 Å². The maximum absolute atomic E-state index is 13.6. The van der Waals surface area contributed by atoms with Crippen molar-refractivity contribution in [3.05, 3.63) is 29.6 Å². The normalized spacial score (nSPS) is 10.2. The Balaban J connectivity index is 3.20. The summed E-state index contributed by atoms with van der Waals surface area (Å²) < 4.78 is 13.6. The van der Waals surface area contributed by atoms with E-state index >= 15 is 0 Å². The highest BCUT2D eigenvalue weighted by atomic mass is 32.1. The SMILES string of the molecule is CCCN(CC)c1cccc(F)c1C(N)=S. The van der Waals surface area contributed by atoms with Gasteiger partial charge >= 0.3 is 0 Å². The van der Waals surface area contributed by atoms with E-state index in [0.29, 0.717) is 5.56 Å². The Bertz CT molecular complexity index is 379. The van der Waals surface area contributed by atoms with Gasteiger partial charge in [-0.2, -0.15) is 0 Å². The number of thiocarbonyl (C=S) groups is 1. The Hall–Kier alpha value is -1.16. The summed E-state index contributed by atoms with van der Waals surface area (Å²) in [6.45, 7) is 5.80. The lowest BCUT2D eigenvalue weighted by atomic mass is 10.1. The van der Waals surface area contributed by atoms with Gasteiger partial charge < -0.3 is 10.6 Å². The number of hydrogen-bond donors (Lipinski definition) is 1. The van der Waals surface area contributed by atoms with Crippen molar-refractivity contribution in [3.8, 4) is 0 Å². The van der Waals surface area contributed by atoms with Gasteiger partial charge in [0.05, 0.1) is 5.56 Å². The molecule has 0 atom stereocenters. The van der Waals surface area contributed by atoms with Gasteiger partial charge in [-0.25, -0.2) is 4.39 Å². The lowest BCUT2D eigenvalue weighted by Crippen LogP contribution is -2.27. The van der Waals surface area contributed by atoms with Crippen LogP contribution in [-0.4, -0.2) is 18.1 Å². The van der Waals surface area contributed by atoms with E-state index < -0.39 is 0 Å². The zero-order valence-electron chi connectivity index (χ0n) is 9.66. The largest absolute Gasteiger partial charge is 0.389 e. The van der Waals surface area contributed by atoms with E-state index in [2.05, 4.69) is 11.8 Å². The first kappa shape index (κ1) is 12.9. The summed E-state index contributed by atoms with van der Waals surface area (Å²) in [4.78, 5) is 2.19. The van der Waals surface area contributed by atoms with Crippen LogP contribution in [0.3, 0.4) is 0 Å². The molecule has 0 heterocycles. The number of anilines is 1. The predicted molar refractivity (Wildman–Crippen MR) is 70.5 cm³/mol. The number of halogens is 1. The topological polar surface area (TPSA) is 29.3 Å². The van der Waals surface area contributed by atoms with Gasteiger partial charge in [-0.05, 0) is 25.5 Å². The molecule has 0 amide bonds. The third-order valence-corrected chi connectivity index (χ3v) is 2.66. The highest BCUT2D eigenvalue weighted by Crippen LogP contribution is 2.23. The Kier molecular flexibility index (Phi) is 4.68. The van der Waals surface area contributed by atoms with Gasteiger partial charge in [0.15, 0.2) is 0 Å². The van der Waals surface area contributed by atoms with Gasteiger partial charge in [-0.1, -0.05) is 25.2 Å². The Morgan fingerprint density at radius 1 is 1.44 bits per heavy atom. The molecule has 16 heavy (non-hydrogen) atoms. The van der Waals surface area contributed by atoms with Crippen LogP contribution in [0.4, 0.5) is 10.1 Å². The van der Waals surface area contributed by atoms with E-state index in [9.17, 15) is 4.39 Å². The quantitative estimate of drug-likeness (QED) is 0.802. The van der Waals surface area contributed by atoms with Crippen LogP contribution < -0.4 is 10.6 Å². The zero-order chi connectivity index (χ0) is 12.1. The minimum absolute atomic E-state index is 0.114. The molecular weight excluding hydrogens is 223 g/mol. The van der Waals surface area contributed by atoms with Crippen LogP contribution in [0.5, 0.6) is 0 Å². The monoisotopic (exact) mass is 240 g/mol. The number of hydrogen-bond acceptors (Lipinski definition) is 2. The number of nitrogens with zero attached hydrogens (tertiary/aromatic N) is 1. The van der Waals surface area contributed by atoms with Crippen LogP contribution >= 0.6 is 12.2 Å². The lowest BCUT2D eigenvalue weighted by molar-refractivity contribution is 0.624. The number of nitrogens with two attached hydrogens (primary N) is 1. The summed E-state index contributed by atoms with van der Waals surface area (Å²) in [7, 11) is 0. The van der Waals surface area contributed by atoms with Crippen LogP contribution in [0.1, 0.15) is 25.8 Å². The highest BCUT2D eigenvalue weighted by molar-refractivity contribution is 7.80. The second-order valence-corrected chi connectivity index (χ2v) is 4.02.